The summed E-state index contributed by atoms with van der Waals surface area (Å²) in [6.45, 7) is 4.48. The van der Waals surface area contributed by atoms with Gasteiger partial charge in [0.2, 0.25) is 0 Å². The first-order chi connectivity index (χ1) is 14.3. The number of hydrogen-bond acceptors (Lipinski definition) is 5. The maximum Gasteiger partial charge on any atom is 0.182 e. The van der Waals surface area contributed by atoms with Crippen LogP contribution in [0.3, 0.4) is 0 Å². The van der Waals surface area contributed by atoms with Gasteiger partial charge in [-0.25, -0.2) is 4.98 Å². The lowest BCUT2D eigenvalue weighted by molar-refractivity contribution is 0.665. The average Bonchev–Trinajstić information content (AvgIpc) is 3.26. The summed E-state index contributed by atoms with van der Waals surface area (Å²) in [5.41, 5.74) is 4.53. The van der Waals surface area contributed by atoms with Crippen molar-refractivity contribution in [3.63, 3.8) is 0 Å². The van der Waals surface area contributed by atoms with E-state index in [0.29, 0.717) is 12.4 Å². The van der Waals surface area contributed by atoms with Crippen LogP contribution in [0, 0.1) is 0 Å². The van der Waals surface area contributed by atoms with Crippen LogP contribution in [0.25, 0.3) is 11.4 Å². The molecule has 0 unspecified atom stereocenters. The first-order valence-electron chi connectivity index (χ1n) is 9.77. The summed E-state index contributed by atoms with van der Waals surface area (Å²) >= 11 is 0. The molecule has 2 aromatic heterocycles. The Morgan fingerprint density at radius 2 is 1.69 bits per heavy atom. The fourth-order valence-corrected chi connectivity index (χ4v) is 3.24. The van der Waals surface area contributed by atoms with Crippen LogP contribution in [0.15, 0.2) is 79.1 Å². The third-order valence-electron chi connectivity index (χ3n) is 4.71. The predicted molar refractivity (Wildman–Crippen MR) is 116 cm³/mol. The van der Waals surface area contributed by atoms with Gasteiger partial charge >= 0.3 is 0 Å². The Kier molecular flexibility index (Phi) is 5.92. The second-order valence-corrected chi connectivity index (χ2v) is 6.70. The van der Waals surface area contributed by atoms with Gasteiger partial charge in [-0.3, -0.25) is 10.1 Å². The lowest BCUT2D eigenvalue weighted by atomic mass is 10.1. The standard InChI is InChI=1S/C23H24N6/c1-2-29(20-8-4-3-5-9-20)21-12-10-18(11-13-21)15-25-17-22-26-23(28-27-22)19-7-6-14-24-16-19/h3-14,16,25H,2,15,17H2,1H3,(H,26,27,28). The number of anilines is 2. The van der Waals surface area contributed by atoms with Crippen molar-refractivity contribution in [3.8, 4) is 11.4 Å². The van der Waals surface area contributed by atoms with E-state index in [9.17, 15) is 0 Å². The van der Waals surface area contributed by atoms with Crippen molar-refractivity contribution in [1.29, 1.82) is 0 Å². The van der Waals surface area contributed by atoms with E-state index in [1.165, 1.54) is 16.9 Å². The number of hydrogen-bond donors (Lipinski definition) is 2. The Labute approximate surface area is 170 Å². The largest absolute Gasteiger partial charge is 0.342 e. The van der Waals surface area contributed by atoms with Gasteiger partial charge in [0.25, 0.3) is 0 Å². The van der Waals surface area contributed by atoms with Crippen molar-refractivity contribution in [2.75, 3.05) is 11.4 Å². The molecule has 0 atom stereocenters. The fraction of sp³-hybridized carbons (Fsp3) is 0.174. The highest BCUT2D eigenvalue weighted by molar-refractivity contribution is 5.63. The highest BCUT2D eigenvalue weighted by Gasteiger charge is 2.07. The molecule has 0 saturated heterocycles. The Morgan fingerprint density at radius 1 is 0.897 bits per heavy atom. The molecule has 4 rings (SSSR count). The highest BCUT2D eigenvalue weighted by Crippen LogP contribution is 2.25. The van der Waals surface area contributed by atoms with Crippen LogP contribution in [-0.2, 0) is 13.1 Å². The number of nitrogens with zero attached hydrogens (tertiary/aromatic N) is 4. The molecule has 2 heterocycles. The maximum absolute atomic E-state index is 4.52. The molecule has 6 nitrogen and oxygen atoms in total. The van der Waals surface area contributed by atoms with Crippen molar-refractivity contribution < 1.29 is 0 Å². The Hall–Kier alpha value is -3.51. The van der Waals surface area contributed by atoms with E-state index < -0.39 is 0 Å². The van der Waals surface area contributed by atoms with Crippen LogP contribution >= 0.6 is 0 Å². The average molecular weight is 384 g/mol. The molecule has 4 aromatic rings. The van der Waals surface area contributed by atoms with Gasteiger partial charge in [-0.2, -0.15) is 5.10 Å². The smallest absolute Gasteiger partial charge is 0.182 e. The van der Waals surface area contributed by atoms with E-state index in [1.54, 1.807) is 12.4 Å². The van der Waals surface area contributed by atoms with Gasteiger partial charge in [-0.05, 0) is 48.9 Å². The van der Waals surface area contributed by atoms with Gasteiger partial charge in [0, 0.05) is 42.4 Å². The number of H-pyrrole nitrogens is 1. The van der Waals surface area contributed by atoms with Crippen molar-refractivity contribution in [1.82, 2.24) is 25.5 Å². The molecule has 0 bridgehead atoms. The number of aromatic amines is 1. The summed E-state index contributed by atoms with van der Waals surface area (Å²) in [6, 6.07) is 22.9. The Balaban J connectivity index is 1.33. The van der Waals surface area contributed by atoms with Gasteiger partial charge in [0.05, 0.1) is 6.54 Å². The lowest BCUT2D eigenvalue weighted by Crippen LogP contribution is -2.16. The van der Waals surface area contributed by atoms with E-state index in [-0.39, 0.29) is 0 Å². The highest BCUT2D eigenvalue weighted by atomic mass is 15.2. The third-order valence-corrected chi connectivity index (χ3v) is 4.71. The molecule has 0 spiro atoms. The monoisotopic (exact) mass is 384 g/mol. The minimum Gasteiger partial charge on any atom is -0.342 e. The summed E-state index contributed by atoms with van der Waals surface area (Å²) in [7, 11) is 0. The second-order valence-electron chi connectivity index (χ2n) is 6.70. The van der Waals surface area contributed by atoms with Crippen molar-refractivity contribution >= 4 is 11.4 Å². The van der Waals surface area contributed by atoms with Crippen LogP contribution in [0.1, 0.15) is 18.3 Å². The topological polar surface area (TPSA) is 69.7 Å². The summed E-state index contributed by atoms with van der Waals surface area (Å²) in [5, 5.41) is 10.7. The van der Waals surface area contributed by atoms with Crippen LogP contribution in [-0.4, -0.2) is 26.7 Å². The lowest BCUT2D eigenvalue weighted by Gasteiger charge is -2.23. The van der Waals surface area contributed by atoms with Crippen LogP contribution in [0.2, 0.25) is 0 Å². The first-order valence-corrected chi connectivity index (χ1v) is 9.77. The van der Waals surface area contributed by atoms with Crippen molar-refractivity contribution in [2.45, 2.75) is 20.0 Å². The minimum absolute atomic E-state index is 0.625. The number of aromatic nitrogens is 4. The molecule has 29 heavy (non-hydrogen) atoms. The quantitative estimate of drug-likeness (QED) is 0.474. The number of para-hydroxylation sites is 1. The van der Waals surface area contributed by atoms with Crippen LogP contribution in [0.5, 0.6) is 0 Å². The molecule has 146 valence electrons. The van der Waals surface area contributed by atoms with Gasteiger partial charge < -0.3 is 10.2 Å². The molecular formula is C23H24N6. The van der Waals surface area contributed by atoms with Gasteiger partial charge in [0.1, 0.15) is 5.82 Å². The van der Waals surface area contributed by atoms with Crippen molar-refractivity contribution in [3.05, 3.63) is 90.5 Å². The van der Waals surface area contributed by atoms with Gasteiger partial charge in [-0.1, -0.05) is 30.3 Å². The summed E-state index contributed by atoms with van der Waals surface area (Å²) in [4.78, 5) is 10.9. The Morgan fingerprint density at radius 3 is 2.41 bits per heavy atom. The summed E-state index contributed by atoms with van der Waals surface area (Å²) in [6.07, 6.45) is 3.50. The zero-order valence-electron chi connectivity index (χ0n) is 16.4. The fourth-order valence-electron chi connectivity index (χ4n) is 3.24. The zero-order valence-corrected chi connectivity index (χ0v) is 16.4. The zero-order chi connectivity index (χ0) is 19.9. The number of rotatable bonds is 8. The van der Waals surface area contributed by atoms with Gasteiger partial charge in [-0.15, -0.1) is 0 Å². The van der Waals surface area contributed by atoms with Crippen LogP contribution in [0.4, 0.5) is 11.4 Å². The summed E-state index contributed by atoms with van der Waals surface area (Å²) in [5.74, 6) is 1.47. The molecular weight excluding hydrogens is 360 g/mol. The normalized spacial score (nSPS) is 10.8. The molecule has 0 radical (unpaired) electrons. The molecule has 0 fully saturated rings. The first kappa shape index (κ1) is 18.8. The molecule has 0 aliphatic carbocycles. The minimum atomic E-state index is 0.625. The van der Waals surface area contributed by atoms with E-state index >= 15 is 0 Å². The number of pyridine rings is 1. The van der Waals surface area contributed by atoms with Crippen LogP contribution < -0.4 is 10.2 Å². The number of nitrogens with one attached hydrogen (secondary N) is 2. The molecule has 2 aromatic carbocycles. The third kappa shape index (κ3) is 4.67. The molecule has 0 aliphatic rings. The SMILES string of the molecule is CCN(c1ccccc1)c1ccc(CNCc2nc(-c3cccnc3)n[nH]2)cc1. The molecule has 0 amide bonds. The van der Waals surface area contributed by atoms with Crippen molar-refractivity contribution in [2.24, 2.45) is 0 Å². The molecule has 0 aliphatic heterocycles. The van der Waals surface area contributed by atoms with E-state index in [2.05, 4.69) is 85.8 Å². The van der Waals surface area contributed by atoms with E-state index in [1.807, 2.05) is 18.2 Å². The van der Waals surface area contributed by atoms with E-state index in [4.69, 9.17) is 0 Å². The maximum atomic E-state index is 4.52. The van der Waals surface area contributed by atoms with E-state index in [0.717, 1.165) is 24.5 Å². The molecule has 2 N–H and O–H groups in total. The van der Waals surface area contributed by atoms with Gasteiger partial charge in [0.15, 0.2) is 5.82 Å². The second kappa shape index (κ2) is 9.12. The predicted octanol–water partition coefficient (Wildman–Crippen LogP) is 4.31. The summed E-state index contributed by atoms with van der Waals surface area (Å²) < 4.78 is 0. The Bertz CT molecular complexity index is 1010. The molecule has 0 saturated carbocycles. The number of benzene rings is 2. The molecule has 6 heteroatoms.